The molecule has 0 aliphatic carbocycles. The Kier molecular flexibility index (Phi) is 5.28. The summed E-state index contributed by atoms with van der Waals surface area (Å²) in [4.78, 5) is 26.9. The number of carbonyl (C=O) groups is 2. The molecule has 1 aliphatic heterocycles. The van der Waals surface area contributed by atoms with Gasteiger partial charge in [0.2, 0.25) is 5.91 Å². The number of carbonyl (C=O) groups excluding carboxylic acids is 2. The summed E-state index contributed by atoms with van der Waals surface area (Å²) in [5, 5.41) is 3.31. The molecule has 4 nitrogen and oxygen atoms in total. The smallest absolute Gasteiger partial charge is 0.252 e. The summed E-state index contributed by atoms with van der Waals surface area (Å²) in [6.07, 6.45) is 1.10. The topological polar surface area (TPSA) is 49.4 Å². The van der Waals surface area contributed by atoms with Crippen molar-refractivity contribution < 1.29 is 14.0 Å². The Morgan fingerprint density at radius 3 is 2.77 bits per heavy atom. The highest BCUT2D eigenvalue weighted by molar-refractivity contribution is 6.31. The van der Waals surface area contributed by atoms with Crippen molar-refractivity contribution in [2.75, 3.05) is 13.1 Å². The molecule has 0 bridgehead atoms. The molecule has 1 saturated heterocycles. The second kappa shape index (κ2) is 7.46. The minimum absolute atomic E-state index is 0.121. The zero-order valence-electron chi connectivity index (χ0n) is 14.5. The molecule has 1 heterocycles. The molecule has 6 heteroatoms. The fraction of sp³-hybridized carbons (Fsp3) is 0.300. The van der Waals surface area contributed by atoms with Crippen molar-refractivity contribution in [1.29, 1.82) is 0 Å². The first-order chi connectivity index (χ1) is 12.4. The molecule has 1 N–H and O–H groups in total. The summed E-state index contributed by atoms with van der Waals surface area (Å²) in [7, 11) is 0. The summed E-state index contributed by atoms with van der Waals surface area (Å²) in [6, 6.07) is 13.0. The summed E-state index contributed by atoms with van der Waals surface area (Å²) < 4.78 is 13.3. The Hall–Kier alpha value is -2.40. The van der Waals surface area contributed by atoms with Crippen LogP contribution in [0.2, 0.25) is 5.02 Å². The van der Waals surface area contributed by atoms with Crippen molar-refractivity contribution in [3.63, 3.8) is 0 Å². The maximum absolute atomic E-state index is 13.3. The summed E-state index contributed by atoms with van der Waals surface area (Å²) >= 11 is 5.92. The van der Waals surface area contributed by atoms with Crippen LogP contribution >= 0.6 is 11.6 Å². The van der Waals surface area contributed by atoms with Gasteiger partial charge in [-0.2, -0.15) is 0 Å². The molecule has 2 aromatic carbocycles. The Balaban J connectivity index is 1.62. The van der Waals surface area contributed by atoms with E-state index in [1.165, 1.54) is 12.1 Å². The van der Waals surface area contributed by atoms with Crippen LogP contribution in [0.3, 0.4) is 0 Å². The first kappa shape index (κ1) is 18.4. The van der Waals surface area contributed by atoms with Crippen LogP contribution in [0, 0.1) is 5.82 Å². The second-order valence-corrected chi connectivity index (χ2v) is 7.16. The third-order valence-corrected chi connectivity index (χ3v) is 4.91. The highest BCUT2D eigenvalue weighted by Gasteiger charge is 2.43. The molecule has 1 aliphatic rings. The van der Waals surface area contributed by atoms with E-state index in [-0.39, 0.29) is 17.6 Å². The number of rotatable bonds is 5. The van der Waals surface area contributed by atoms with Gasteiger partial charge in [0, 0.05) is 23.7 Å². The predicted molar refractivity (Wildman–Crippen MR) is 98.6 cm³/mol. The molecule has 2 aromatic rings. The van der Waals surface area contributed by atoms with Crippen LogP contribution in [0.25, 0.3) is 0 Å². The molecule has 2 amide bonds. The van der Waals surface area contributed by atoms with E-state index >= 15 is 0 Å². The van der Waals surface area contributed by atoms with Crippen LogP contribution in [0.4, 0.5) is 4.39 Å². The van der Waals surface area contributed by atoms with Gasteiger partial charge >= 0.3 is 0 Å². The largest absolute Gasteiger partial charge is 0.340 e. The van der Waals surface area contributed by atoms with Crippen molar-refractivity contribution in [2.45, 2.75) is 25.3 Å². The van der Waals surface area contributed by atoms with Crippen LogP contribution in [0.5, 0.6) is 0 Å². The van der Waals surface area contributed by atoms with Crippen molar-refractivity contribution in [1.82, 2.24) is 10.2 Å². The van der Waals surface area contributed by atoms with Gasteiger partial charge in [-0.3, -0.25) is 9.59 Å². The van der Waals surface area contributed by atoms with Gasteiger partial charge in [-0.15, -0.1) is 0 Å². The first-order valence-electron chi connectivity index (χ1n) is 8.49. The van der Waals surface area contributed by atoms with Gasteiger partial charge in [-0.05, 0) is 55.7 Å². The van der Waals surface area contributed by atoms with Gasteiger partial charge in [-0.1, -0.05) is 29.8 Å². The summed E-state index contributed by atoms with van der Waals surface area (Å²) in [6.45, 7) is 2.78. The highest BCUT2D eigenvalue weighted by Crippen LogP contribution is 2.24. The van der Waals surface area contributed by atoms with E-state index in [1.54, 1.807) is 42.2 Å². The van der Waals surface area contributed by atoms with Gasteiger partial charge in [-0.25, -0.2) is 4.39 Å². The Labute approximate surface area is 157 Å². The lowest BCUT2D eigenvalue weighted by Crippen LogP contribution is -2.52. The fourth-order valence-electron chi connectivity index (χ4n) is 3.15. The predicted octanol–water partition coefficient (Wildman–Crippen LogP) is 3.44. The number of likely N-dealkylation sites (tertiary alicyclic amines) is 1. The van der Waals surface area contributed by atoms with Crippen LogP contribution in [-0.2, 0) is 11.2 Å². The van der Waals surface area contributed by atoms with Crippen LogP contribution in [0.1, 0.15) is 29.3 Å². The van der Waals surface area contributed by atoms with E-state index in [0.717, 1.165) is 5.56 Å². The maximum atomic E-state index is 13.3. The number of nitrogens with zero attached hydrogens (tertiary/aromatic N) is 1. The molecule has 136 valence electrons. The maximum Gasteiger partial charge on any atom is 0.252 e. The van der Waals surface area contributed by atoms with E-state index in [4.69, 9.17) is 11.6 Å². The van der Waals surface area contributed by atoms with Crippen LogP contribution in [0.15, 0.2) is 48.5 Å². The van der Waals surface area contributed by atoms with Crippen molar-refractivity contribution >= 4 is 23.4 Å². The van der Waals surface area contributed by atoms with Crippen LogP contribution in [-0.4, -0.2) is 35.3 Å². The molecule has 3 rings (SSSR count). The number of benzene rings is 2. The standard InChI is InChI=1S/C20H20ClFN2O2/c1-20(23-18(25)15-5-3-6-16(21)13-15)9-11-24(19(20)26)10-8-14-4-2-7-17(22)12-14/h2-7,12-13H,8-11H2,1H3,(H,23,25). The average molecular weight is 375 g/mol. The molecule has 1 unspecified atom stereocenters. The number of amides is 2. The Morgan fingerprint density at radius 1 is 1.27 bits per heavy atom. The van der Waals surface area contributed by atoms with Gasteiger partial charge in [0.25, 0.3) is 5.91 Å². The van der Waals surface area contributed by atoms with E-state index in [1.807, 2.05) is 6.07 Å². The zero-order valence-corrected chi connectivity index (χ0v) is 15.2. The van der Waals surface area contributed by atoms with E-state index in [2.05, 4.69) is 5.32 Å². The van der Waals surface area contributed by atoms with Gasteiger partial charge in [0.05, 0.1) is 0 Å². The minimum atomic E-state index is -0.943. The molecule has 0 aromatic heterocycles. The number of nitrogens with one attached hydrogen (secondary N) is 1. The van der Waals surface area contributed by atoms with Crippen molar-refractivity contribution in [2.24, 2.45) is 0 Å². The second-order valence-electron chi connectivity index (χ2n) is 6.72. The third-order valence-electron chi connectivity index (χ3n) is 4.68. The molecular formula is C20H20ClFN2O2. The lowest BCUT2D eigenvalue weighted by Gasteiger charge is -2.25. The van der Waals surface area contributed by atoms with Gasteiger partial charge in [0.15, 0.2) is 0 Å². The third kappa shape index (κ3) is 4.05. The fourth-order valence-corrected chi connectivity index (χ4v) is 3.34. The molecule has 0 saturated carbocycles. The molecule has 1 atom stereocenters. The molecule has 0 spiro atoms. The molecular weight excluding hydrogens is 355 g/mol. The first-order valence-corrected chi connectivity index (χ1v) is 8.87. The van der Waals surface area contributed by atoms with E-state index < -0.39 is 5.54 Å². The van der Waals surface area contributed by atoms with Crippen molar-refractivity contribution in [3.8, 4) is 0 Å². The summed E-state index contributed by atoms with van der Waals surface area (Å²) in [5.41, 5.74) is 0.320. The lowest BCUT2D eigenvalue weighted by atomic mass is 10.00. The monoisotopic (exact) mass is 374 g/mol. The number of hydrogen-bond donors (Lipinski definition) is 1. The molecule has 26 heavy (non-hydrogen) atoms. The zero-order chi connectivity index (χ0) is 18.7. The molecule has 0 radical (unpaired) electrons. The van der Waals surface area contributed by atoms with Crippen molar-refractivity contribution in [3.05, 3.63) is 70.5 Å². The lowest BCUT2D eigenvalue weighted by molar-refractivity contribution is -0.132. The van der Waals surface area contributed by atoms with Gasteiger partial charge < -0.3 is 10.2 Å². The Bertz CT molecular complexity index is 842. The quantitative estimate of drug-likeness (QED) is 0.871. The van der Waals surface area contributed by atoms with E-state index in [9.17, 15) is 14.0 Å². The average Bonchev–Trinajstić information content (AvgIpc) is 2.88. The SMILES string of the molecule is CC1(NC(=O)c2cccc(Cl)c2)CCN(CCc2cccc(F)c2)C1=O. The summed E-state index contributed by atoms with van der Waals surface area (Å²) in [5.74, 6) is -0.728. The van der Waals surface area contributed by atoms with E-state index in [0.29, 0.717) is 36.5 Å². The Morgan fingerprint density at radius 2 is 2.04 bits per heavy atom. The number of halogens is 2. The van der Waals surface area contributed by atoms with Gasteiger partial charge in [0.1, 0.15) is 11.4 Å². The normalized spacial score (nSPS) is 19.7. The number of hydrogen-bond acceptors (Lipinski definition) is 2. The highest BCUT2D eigenvalue weighted by atomic mass is 35.5. The van der Waals surface area contributed by atoms with Crippen LogP contribution < -0.4 is 5.32 Å². The molecule has 1 fully saturated rings. The minimum Gasteiger partial charge on any atom is -0.340 e.